The van der Waals surface area contributed by atoms with E-state index in [-0.39, 0.29) is 29.3 Å². The van der Waals surface area contributed by atoms with Gasteiger partial charge in [-0.25, -0.2) is 0 Å². The van der Waals surface area contributed by atoms with E-state index in [0.717, 1.165) is 19.3 Å². The minimum Gasteiger partial charge on any atom is -0.347 e. The molecular formula is C27H35N3O3. The molecule has 0 radical (unpaired) electrons. The highest BCUT2D eigenvalue weighted by molar-refractivity contribution is 5.98. The first kappa shape index (κ1) is 24.5. The summed E-state index contributed by atoms with van der Waals surface area (Å²) in [7, 11) is 0. The normalized spacial score (nSPS) is 14.6. The molecule has 1 fully saturated rings. The maximum atomic E-state index is 13.3. The summed E-state index contributed by atoms with van der Waals surface area (Å²) in [6.45, 7) is 9.81. The SMILES string of the molecule is CCCN(C(=O)c1ccc(C(=O)NC(C)(C)C)cc1)C1CCN(C(=O)c2ccccc2)CC1. The number of likely N-dealkylation sites (tertiary alicyclic amines) is 1. The van der Waals surface area contributed by atoms with Crippen molar-refractivity contribution in [2.24, 2.45) is 0 Å². The zero-order valence-electron chi connectivity index (χ0n) is 20.1. The number of piperidine rings is 1. The van der Waals surface area contributed by atoms with E-state index in [4.69, 9.17) is 0 Å². The van der Waals surface area contributed by atoms with Crippen LogP contribution in [0.5, 0.6) is 0 Å². The molecule has 3 rings (SSSR count). The van der Waals surface area contributed by atoms with Gasteiger partial charge in [0.05, 0.1) is 0 Å². The Morgan fingerprint density at radius 2 is 1.48 bits per heavy atom. The summed E-state index contributed by atoms with van der Waals surface area (Å²) in [6.07, 6.45) is 2.38. The fraction of sp³-hybridized carbons (Fsp3) is 0.444. The molecule has 1 aliphatic heterocycles. The number of nitrogens with one attached hydrogen (secondary N) is 1. The lowest BCUT2D eigenvalue weighted by Gasteiger charge is -2.38. The second-order valence-corrected chi connectivity index (χ2v) is 9.67. The van der Waals surface area contributed by atoms with Gasteiger partial charge in [-0.1, -0.05) is 25.1 Å². The molecule has 1 aliphatic rings. The zero-order valence-corrected chi connectivity index (χ0v) is 20.1. The maximum Gasteiger partial charge on any atom is 0.254 e. The van der Waals surface area contributed by atoms with Crippen LogP contribution in [0.3, 0.4) is 0 Å². The largest absolute Gasteiger partial charge is 0.347 e. The van der Waals surface area contributed by atoms with Gasteiger partial charge in [-0.2, -0.15) is 0 Å². The highest BCUT2D eigenvalue weighted by atomic mass is 16.2. The van der Waals surface area contributed by atoms with Crippen molar-refractivity contribution in [3.05, 3.63) is 71.3 Å². The summed E-state index contributed by atoms with van der Waals surface area (Å²) in [4.78, 5) is 42.3. The topological polar surface area (TPSA) is 69.7 Å². The summed E-state index contributed by atoms with van der Waals surface area (Å²) in [6, 6.07) is 16.3. The molecule has 1 saturated heterocycles. The Bertz CT molecular complexity index is 956. The van der Waals surface area contributed by atoms with Crippen LogP contribution in [0.2, 0.25) is 0 Å². The van der Waals surface area contributed by atoms with E-state index in [9.17, 15) is 14.4 Å². The van der Waals surface area contributed by atoms with Gasteiger partial charge in [0.15, 0.2) is 0 Å². The second kappa shape index (κ2) is 10.6. The Kier molecular flexibility index (Phi) is 7.90. The minimum atomic E-state index is -0.319. The average Bonchev–Trinajstić information content (AvgIpc) is 2.81. The molecule has 2 aromatic rings. The van der Waals surface area contributed by atoms with E-state index >= 15 is 0 Å². The number of hydrogen-bond donors (Lipinski definition) is 1. The van der Waals surface area contributed by atoms with Gasteiger partial charge in [0.1, 0.15) is 0 Å². The predicted octanol–water partition coefficient (Wildman–Crippen LogP) is 4.37. The number of nitrogens with zero attached hydrogens (tertiary/aromatic N) is 2. The molecule has 0 aromatic heterocycles. The van der Waals surface area contributed by atoms with Crippen molar-refractivity contribution in [1.82, 2.24) is 15.1 Å². The molecule has 33 heavy (non-hydrogen) atoms. The lowest BCUT2D eigenvalue weighted by molar-refractivity contribution is 0.0518. The molecule has 6 nitrogen and oxygen atoms in total. The molecule has 1 N–H and O–H groups in total. The smallest absolute Gasteiger partial charge is 0.254 e. The molecule has 0 spiro atoms. The van der Waals surface area contributed by atoms with E-state index in [2.05, 4.69) is 12.2 Å². The fourth-order valence-electron chi connectivity index (χ4n) is 4.18. The van der Waals surface area contributed by atoms with Crippen LogP contribution in [0.25, 0.3) is 0 Å². The molecule has 3 amide bonds. The first-order chi connectivity index (χ1) is 15.7. The van der Waals surface area contributed by atoms with Crippen LogP contribution < -0.4 is 5.32 Å². The molecule has 176 valence electrons. The van der Waals surface area contributed by atoms with E-state index in [1.54, 1.807) is 24.3 Å². The molecule has 0 saturated carbocycles. The summed E-state index contributed by atoms with van der Waals surface area (Å²) in [5.41, 5.74) is 1.50. The Hall–Kier alpha value is -3.15. The van der Waals surface area contributed by atoms with Gasteiger partial charge in [-0.05, 0) is 76.4 Å². The van der Waals surface area contributed by atoms with Crippen molar-refractivity contribution < 1.29 is 14.4 Å². The molecule has 1 heterocycles. The van der Waals surface area contributed by atoms with Crippen LogP contribution in [0.1, 0.15) is 78.0 Å². The van der Waals surface area contributed by atoms with Crippen molar-refractivity contribution in [2.75, 3.05) is 19.6 Å². The molecule has 0 aliphatic carbocycles. The van der Waals surface area contributed by atoms with E-state index in [0.29, 0.717) is 36.3 Å². The third-order valence-electron chi connectivity index (χ3n) is 5.82. The van der Waals surface area contributed by atoms with Gasteiger partial charge < -0.3 is 15.1 Å². The quantitative estimate of drug-likeness (QED) is 0.712. The highest BCUT2D eigenvalue weighted by Crippen LogP contribution is 2.21. The van der Waals surface area contributed by atoms with Crippen LogP contribution in [-0.4, -0.2) is 58.7 Å². The lowest BCUT2D eigenvalue weighted by atomic mass is 10.00. The van der Waals surface area contributed by atoms with Crippen LogP contribution in [0, 0.1) is 0 Å². The predicted molar refractivity (Wildman–Crippen MR) is 130 cm³/mol. The van der Waals surface area contributed by atoms with E-state index in [1.165, 1.54) is 0 Å². The monoisotopic (exact) mass is 449 g/mol. The average molecular weight is 450 g/mol. The Morgan fingerprint density at radius 3 is 2.03 bits per heavy atom. The van der Waals surface area contributed by atoms with Gasteiger partial charge in [-0.3, -0.25) is 14.4 Å². The first-order valence-electron chi connectivity index (χ1n) is 11.8. The Balaban J connectivity index is 1.65. The second-order valence-electron chi connectivity index (χ2n) is 9.67. The summed E-state index contributed by atoms with van der Waals surface area (Å²) in [5, 5.41) is 2.94. The lowest BCUT2D eigenvalue weighted by Crippen LogP contribution is -2.49. The number of carbonyl (C=O) groups is 3. The number of amides is 3. The zero-order chi connectivity index (χ0) is 24.0. The molecular weight excluding hydrogens is 414 g/mol. The summed E-state index contributed by atoms with van der Waals surface area (Å²) in [5.74, 6) is -0.124. The van der Waals surface area contributed by atoms with Crippen molar-refractivity contribution in [1.29, 1.82) is 0 Å². The van der Waals surface area contributed by atoms with Crippen molar-refractivity contribution in [3.63, 3.8) is 0 Å². The summed E-state index contributed by atoms with van der Waals surface area (Å²) >= 11 is 0. The minimum absolute atomic E-state index is 0.0209. The summed E-state index contributed by atoms with van der Waals surface area (Å²) < 4.78 is 0. The van der Waals surface area contributed by atoms with Crippen LogP contribution in [0.4, 0.5) is 0 Å². The number of rotatable bonds is 6. The van der Waals surface area contributed by atoms with Gasteiger partial charge in [0.2, 0.25) is 0 Å². The third-order valence-corrected chi connectivity index (χ3v) is 5.82. The van der Waals surface area contributed by atoms with Crippen LogP contribution in [-0.2, 0) is 0 Å². The molecule has 2 aromatic carbocycles. The number of benzene rings is 2. The van der Waals surface area contributed by atoms with Gasteiger partial charge in [-0.15, -0.1) is 0 Å². The Morgan fingerprint density at radius 1 is 0.909 bits per heavy atom. The van der Waals surface area contributed by atoms with E-state index in [1.807, 2.05) is 60.9 Å². The van der Waals surface area contributed by atoms with Gasteiger partial charge in [0, 0.05) is 47.9 Å². The Labute approximate surface area is 197 Å². The number of hydrogen-bond acceptors (Lipinski definition) is 3. The van der Waals surface area contributed by atoms with Gasteiger partial charge >= 0.3 is 0 Å². The maximum absolute atomic E-state index is 13.3. The molecule has 0 atom stereocenters. The van der Waals surface area contributed by atoms with Crippen molar-refractivity contribution in [3.8, 4) is 0 Å². The first-order valence-corrected chi connectivity index (χ1v) is 11.8. The van der Waals surface area contributed by atoms with Crippen molar-refractivity contribution in [2.45, 2.75) is 58.5 Å². The number of carbonyl (C=O) groups excluding carboxylic acids is 3. The van der Waals surface area contributed by atoms with Gasteiger partial charge in [0.25, 0.3) is 17.7 Å². The fourth-order valence-corrected chi connectivity index (χ4v) is 4.18. The molecule has 6 heteroatoms. The van der Waals surface area contributed by atoms with Crippen LogP contribution in [0.15, 0.2) is 54.6 Å². The molecule has 0 unspecified atom stereocenters. The third kappa shape index (κ3) is 6.44. The van der Waals surface area contributed by atoms with Crippen molar-refractivity contribution >= 4 is 17.7 Å². The standard InChI is InChI=1S/C27H35N3O3/c1-5-17-30(23-15-18-29(19-16-23)25(32)21-9-7-6-8-10-21)26(33)22-13-11-20(12-14-22)24(31)28-27(2,3)4/h6-14,23H,5,15-19H2,1-4H3,(H,28,31). The highest BCUT2D eigenvalue weighted by Gasteiger charge is 2.30. The van der Waals surface area contributed by atoms with E-state index < -0.39 is 0 Å². The molecule has 0 bridgehead atoms. The van der Waals surface area contributed by atoms with Crippen LogP contribution >= 0.6 is 0 Å².